The molecule has 37 heavy (non-hydrogen) atoms. The molecule has 0 spiro atoms. The number of amides is 2. The van der Waals surface area contributed by atoms with Crippen molar-refractivity contribution < 1.29 is 18.0 Å². The van der Waals surface area contributed by atoms with Crippen LogP contribution in [0.15, 0.2) is 89.8 Å². The highest BCUT2D eigenvalue weighted by atomic mass is 35.5. The molecule has 0 heterocycles. The minimum Gasteiger partial charge on any atom is -0.352 e. The summed E-state index contributed by atoms with van der Waals surface area (Å²) in [6, 6.07) is 22.6. The van der Waals surface area contributed by atoms with Crippen molar-refractivity contribution in [2.75, 3.05) is 10.8 Å². The standard InChI is InChI=1S/C28H32ClN3O4S/c1-4-21(2)30-28(34)22(3)31(19-23-11-7-5-8-12-23)27(33)20-32(25-17-15-24(29)16-18-25)37(35,36)26-13-9-6-10-14-26/h5-18,21-22H,4,19-20H2,1-3H3,(H,30,34). The number of nitrogens with zero attached hydrogens (tertiary/aromatic N) is 2. The maximum absolute atomic E-state index is 13.8. The monoisotopic (exact) mass is 541 g/mol. The van der Waals surface area contributed by atoms with Gasteiger partial charge in [0.05, 0.1) is 10.6 Å². The van der Waals surface area contributed by atoms with Gasteiger partial charge in [-0.2, -0.15) is 0 Å². The summed E-state index contributed by atoms with van der Waals surface area (Å²) in [5.74, 6) is -0.812. The molecule has 3 rings (SSSR count). The number of carbonyl (C=O) groups excluding carboxylic acids is 2. The van der Waals surface area contributed by atoms with Crippen LogP contribution in [0.1, 0.15) is 32.8 Å². The second kappa shape index (κ2) is 12.7. The van der Waals surface area contributed by atoms with Gasteiger partial charge in [-0.25, -0.2) is 8.42 Å². The van der Waals surface area contributed by atoms with Crippen LogP contribution in [0.3, 0.4) is 0 Å². The van der Waals surface area contributed by atoms with E-state index < -0.39 is 28.5 Å². The summed E-state index contributed by atoms with van der Waals surface area (Å²) in [5.41, 5.74) is 1.11. The van der Waals surface area contributed by atoms with Crippen LogP contribution in [0.4, 0.5) is 5.69 Å². The largest absolute Gasteiger partial charge is 0.352 e. The van der Waals surface area contributed by atoms with E-state index in [2.05, 4.69) is 5.32 Å². The number of nitrogens with one attached hydrogen (secondary N) is 1. The van der Waals surface area contributed by atoms with Crippen LogP contribution in [0.5, 0.6) is 0 Å². The minimum atomic E-state index is -4.10. The van der Waals surface area contributed by atoms with Crippen LogP contribution in [-0.2, 0) is 26.2 Å². The lowest BCUT2D eigenvalue weighted by Crippen LogP contribution is -2.52. The van der Waals surface area contributed by atoms with Gasteiger partial charge < -0.3 is 10.2 Å². The van der Waals surface area contributed by atoms with Gasteiger partial charge in [0.2, 0.25) is 11.8 Å². The Morgan fingerprint density at radius 2 is 1.46 bits per heavy atom. The van der Waals surface area contributed by atoms with Crippen molar-refractivity contribution in [3.63, 3.8) is 0 Å². The first-order chi connectivity index (χ1) is 17.6. The van der Waals surface area contributed by atoms with Gasteiger partial charge in [0.25, 0.3) is 10.0 Å². The molecule has 3 aromatic carbocycles. The highest BCUT2D eigenvalue weighted by molar-refractivity contribution is 7.92. The summed E-state index contributed by atoms with van der Waals surface area (Å²) in [6.45, 7) is 5.15. The molecule has 0 saturated carbocycles. The van der Waals surface area contributed by atoms with E-state index in [1.807, 2.05) is 44.2 Å². The van der Waals surface area contributed by atoms with Gasteiger partial charge in [0.1, 0.15) is 12.6 Å². The Hall–Kier alpha value is -3.36. The predicted molar refractivity (Wildman–Crippen MR) is 147 cm³/mol. The van der Waals surface area contributed by atoms with Crippen LogP contribution in [0.25, 0.3) is 0 Å². The third-order valence-electron chi connectivity index (χ3n) is 6.09. The van der Waals surface area contributed by atoms with E-state index in [0.29, 0.717) is 5.02 Å². The molecule has 0 bridgehead atoms. The maximum Gasteiger partial charge on any atom is 0.264 e. The molecule has 0 radical (unpaired) electrons. The van der Waals surface area contributed by atoms with Crippen LogP contribution in [0.2, 0.25) is 5.02 Å². The molecule has 7 nitrogen and oxygen atoms in total. The SMILES string of the molecule is CCC(C)NC(=O)C(C)N(Cc1ccccc1)C(=O)CN(c1ccc(Cl)cc1)S(=O)(=O)c1ccccc1. The molecule has 0 saturated heterocycles. The molecule has 0 aliphatic carbocycles. The molecule has 0 aliphatic heterocycles. The van der Waals surface area contributed by atoms with Crippen LogP contribution in [0, 0.1) is 0 Å². The van der Waals surface area contributed by atoms with Gasteiger partial charge >= 0.3 is 0 Å². The molecule has 3 aromatic rings. The first-order valence-corrected chi connectivity index (χ1v) is 13.9. The Morgan fingerprint density at radius 3 is 2.03 bits per heavy atom. The number of sulfonamides is 1. The smallest absolute Gasteiger partial charge is 0.264 e. The summed E-state index contributed by atoms with van der Waals surface area (Å²) in [7, 11) is -4.10. The second-order valence-corrected chi connectivity index (χ2v) is 11.1. The fourth-order valence-electron chi connectivity index (χ4n) is 3.68. The van der Waals surface area contributed by atoms with Crippen LogP contribution >= 0.6 is 11.6 Å². The van der Waals surface area contributed by atoms with Gasteiger partial charge in [-0.15, -0.1) is 0 Å². The van der Waals surface area contributed by atoms with Crippen molar-refractivity contribution in [1.29, 1.82) is 0 Å². The van der Waals surface area contributed by atoms with Gasteiger partial charge in [0.15, 0.2) is 0 Å². The van der Waals surface area contributed by atoms with Gasteiger partial charge in [-0.3, -0.25) is 13.9 Å². The molecular formula is C28H32ClN3O4S. The Balaban J connectivity index is 1.99. The van der Waals surface area contributed by atoms with Crippen molar-refractivity contribution in [3.05, 3.63) is 95.5 Å². The summed E-state index contributed by atoms with van der Waals surface area (Å²) in [5, 5.41) is 3.36. The third kappa shape index (κ3) is 7.33. The average molecular weight is 542 g/mol. The summed E-state index contributed by atoms with van der Waals surface area (Å²) >= 11 is 6.04. The maximum atomic E-state index is 13.8. The van der Waals surface area contributed by atoms with E-state index >= 15 is 0 Å². The lowest BCUT2D eigenvalue weighted by Gasteiger charge is -2.32. The zero-order chi connectivity index (χ0) is 27.0. The normalized spacial score (nSPS) is 12.9. The second-order valence-electron chi connectivity index (χ2n) is 8.80. The first kappa shape index (κ1) is 28.2. The number of rotatable bonds is 11. The van der Waals surface area contributed by atoms with Crippen LogP contribution in [-0.4, -0.2) is 43.8 Å². The van der Waals surface area contributed by atoms with E-state index in [1.54, 1.807) is 49.4 Å². The fourth-order valence-corrected chi connectivity index (χ4v) is 5.25. The zero-order valence-corrected chi connectivity index (χ0v) is 22.7. The Kier molecular flexibility index (Phi) is 9.72. The predicted octanol–water partition coefficient (Wildman–Crippen LogP) is 4.87. The molecule has 0 aromatic heterocycles. The van der Waals surface area contributed by atoms with Crippen molar-refractivity contribution in [2.24, 2.45) is 0 Å². The molecule has 196 valence electrons. The van der Waals surface area contributed by atoms with E-state index in [0.717, 1.165) is 16.3 Å². The minimum absolute atomic E-state index is 0.0509. The topological polar surface area (TPSA) is 86.8 Å². The number of carbonyl (C=O) groups is 2. The number of benzene rings is 3. The molecule has 2 atom stereocenters. The van der Waals surface area contributed by atoms with Gasteiger partial charge in [-0.05, 0) is 62.2 Å². The lowest BCUT2D eigenvalue weighted by atomic mass is 10.1. The zero-order valence-electron chi connectivity index (χ0n) is 21.2. The Bertz CT molecular complexity index is 1290. The quantitative estimate of drug-likeness (QED) is 0.375. The Morgan fingerprint density at radius 1 is 0.892 bits per heavy atom. The highest BCUT2D eigenvalue weighted by Gasteiger charge is 2.32. The first-order valence-electron chi connectivity index (χ1n) is 12.1. The Labute approximate surface area is 224 Å². The van der Waals surface area contributed by atoms with E-state index in [4.69, 9.17) is 11.6 Å². The summed E-state index contributed by atoms with van der Waals surface area (Å²) < 4.78 is 28.4. The van der Waals surface area contributed by atoms with Gasteiger partial charge in [0, 0.05) is 17.6 Å². The van der Waals surface area contributed by atoms with Crippen molar-refractivity contribution in [2.45, 2.75) is 50.7 Å². The molecule has 9 heteroatoms. The average Bonchev–Trinajstić information content (AvgIpc) is 2.91. The number of halogens is 1. The van der Waals surface area contributed by atoms with Crippen molar-refractivity contribution in [3.8, 4) is 0 Å². The number of hydrogen-bond donors (Lipinski definition) is 1. The fraction of sp³-hybridized carbons (Fsp3) is 0.286. The van der Waals surface area contributed by atoms with Gasteiger partial charge in [-0.1, -0.05) is 67.1 Å². The molecule has 0 fully saturated rings. The van der Waals surface area contributed by atoms with Crippen molar-refractivity contribution in [1.82, 2.24) is 10.2 Å². The van der Waals surface area contributed by atoms with E-state index in [-0.39, 0.29) is 29.1 Å². The number of anilines is 1. The van der Waals surface area contributed by atoms with E-state index in [9.17, 15) is 18.0 Å². The molecule has 2 amide bonds. The lowest BCUT2D eigenvalue weighted by molar-refractivity contribution is -0.139. The molecule has 0 aliphatic rings. The van der Waals surface area contributed by atoms with Crippen LogP contribution < -0.4 is 9.62 Å². The number of hydrogen-bond acceptors (Lipinski definition) is 4. The molecule has 1 N–H and O–H groups in total. The highest BCUT2D eigenvalue weighted by Crippen LogP contribution is 2.26. The summed E-state index contributed by atoms with van der Waals surface area (Å²) in [6.07, 6.45) is 0.741. The molecular weight excluding hydrogens is 510 g/mol. The summed E-state index contributed by atoms with van der Waals surface area (Å²) in [4.78, 5) is 28.3. The molecule has 2 unspecified atom stereocenters. The van der Waals surface area contributed by atoms with E-state index in [1.165, 1.54) is 17.0 Å². The van der Waals surface area contributed by atoms with Crippen molar-refractivity contribution >= 4 is 39.1 Å². The third-order valence-corrected chi connectivity index (χ3v) is 8.13.